The zero-order chi connectivity index (χ0) is 50.2. The van der Waals surface area contributed by atoms with Gasteiger partial charge in [0, 0.05) is 19.0 Å². The lowest BCUT2D eigenvalue weighted by atomic mass is 10.0. The van der Waals surface area contributed by atoms with Crippen LogP contribution >= 0.6 is 15.6 Å². The minimum absolute atomic E-state index is 0.0937. The second-order valence-corrected chi connectivity index (χ2v) is 19.6. The van der Waals surface area contributed by atoms with Crippen LogP contribution in [-0.2, 0) is 46.3 Å². The Morgan fingerprint density at radius 2 is 1.46 bits per heavy atom. The zero-order valence-corrected chi connectivity index (χ0v) is 41.4. The van der Waals surface area contributed by atoms with Crippen molar-refractivity contribution in [3.05, 3.63) is 95.7 Å². The number of aliphatic hydroxyl groups is 3. The highest BCUT2D eigenvalue weighted by molar-refractivity contribution is 7.61. The molecule has 0 bridgehead atoms. The van der Waals surface area contributed by atoms with Crippen molar-refractivity contribution in [2.75, 3.05) is 25.6 Å². The molecule has 1 saturated heterocycles. The van der Waals surface area contributed by atoms with E-state index in [1.54, 1.807) is 12.2 Å². The number of carbonyl (C=O) groups is 2. The number of aromatic nitrogens is 2. The summed E-state index contributed by atoms with van der Waals surface area (Å²) in [5.74, 6) is -0.746. The second kappa shape index (κ2) is 34.5. The quantitative estimate of drug-likeness (QED) is 0.0123. The summed E-state index contributed by atoms with van der Waals surface area (Å²) in [6.45, 7) is 4.05. The van der Waals surface area contributed by atoms with Crippen LogP contribution in [-0.4, -0.2) is 96.9 Å². The Morgan fingerprint density at radius 1 is 0.824 bits per heavy atom. The van der Waals surface area contributed by atoms with Crippen molar-refractivity contribution in [1.82, 2.24) is 9.55 Å². The zero-order valence-electron chi connectivity index (χ0n) is 39.7. The first kappa shape index (κ1) is 60.3. The van der Waals surface area contributed by atoms with Crippen molar-refractivity contribution in [2.24, 2.45) is 5.92 Å². The summed E-state index contributed by atoms with van der Waals surface area (Å²) in [5, 5.41) is 30.7. The van der Waals surface area contributed by atoms with E-state index in [-0.39, 0.29) is 18.7 Å². The van der Waals surface area contributed by atoms with E-state index in [1.165, 1.54) is 25.3 Å². The molecule has 1 aromatic rings. The summed E-state index contributed by atoms with van der Waals surface area (Å²) in [7, 11) is -10.9. The Bertz CT molecular complexity index is 1950. The van der Waals surface area contributed by atoms with Gasteiger partial charge >= 0.3 is 33.3 Å². The van der Waals surface area contributed by atoms with Gasteiger partial charge in [0.2, 0.25) is 0 Å². The van der Waals surface area contributed by atoms with Gasteiger partial charge in [0.15, 0.2) is 12.3 Å². The maximum atomic E-state index is 12.8. The van der Waals surface area contributed by atoms with Gasteiger partial charge in [0.1, 0.15) is 30.7 Å². The molecule has 7 N–H and O–H groups in total. The molecule has 2 heterocycles. The Kier molecular flexibility index (Phi) is 30.5. The van der Waals surface area contributed by atoms with Crippen LogP contribution in [0.15, 0.2) is 90.0 Å². The van der Waals surface area contributed by atoms with E-state index in [0.717, 1.165) is 55.7 Å². The number of anilines is 1. The van der Waals surface area contributed by atoms with Gasteiger partial charge in [0.05, 0.1) is 19.3 Å². The van der Waals surface area contributed by atoms with Crippen LogP contribution in [0, 0.1) is 5.92 Å². The normalized spacial score (nSPS) is 20.7. The molecule has 1 fully saturated rings. The van der Waals surface area contributed by atoms with E-state index in [4.69, 9.17) is 29.0 Å². The molecule has 0 aliphatic carbocycles. The molecule has 0 aromatic carbocycles. The Balaban J connectivity index is 1.86. The number of hydrogen-bond donors (Lipinski definition) is 6. The number of nitrogens with zero attached hydrogens (tertiary/aromatic N) is 2. The number of unbranched alkanes of at least 4 members (excludes halogenated alkanes) is 6. The number of nitrogen functional groups attached to an aromatic ring is 1. The third-order valence-corrected chi connectivity index (χ3v) is 12.7. The van der Waals surface area contributed by atoms with Crippen LogP contribution in [0.4, 0.5) is 5.82 Å². The number of carbonyl (C=O) groups excluding carboxylic acids is 2. The van der Waals surface area contributed by atoms with Crippen molar-refractivity contribution in [3.63, 3.8) is 0 Å². The first-order valence-corrected chi connectivity index (χ1v) is 26.4. The maximum absolute atomic E-state index is 12.8. The number of aliphatic hydroxyl groups excluding tert-OH is 3. The van der Waals surface area contributed by atoms with E-state index in [1.807, 2.05) is 67.7 Å². The van der Waals surface area contributed by atoms with Gasteiger partial charge < -0.3 is 45.1 Å². The van der Waals surface area contributed by atoms with Crippen molar-refractivity contribution < 1.29 is 71.4 Å². The van der Waals surface area contributed by atoms with Crippen LogP contribution in [0.25, 0.3) is 0 Å². The highest BCUT2D eigenvalue weighted by atomic mass is 31.3. The van der Waals surface area contributed by atoms with Gasteiger partial charge in [-0.05, 0) is 56.9 Å². The molecule has 1 aromatic heterocycles. The van der Waals surface area contributed by atoms with Crippen LogP contribution in [0.3, 0.4) is 0 Å². The van der Waals surface area contributed by atoms with Gasteiger partial charge in [-0.25, -0.2) is 13.9 Å². The number of esters is 2. The summed E-state index contributed by atoms with van der Waals surface area (Å²) < 4.78 is 56.5. The van der Waals surface area contributed by atoms with Crippen molar-refractivity contribution in [3.8, 4) is 0 Å². The molecule has 21 heteroatoms. The molecule has 19 nitrogen and oxygen atoms in total. The van der Waals surface area contributed by atoms with Gasteiger partial charge in [-0.3, -0.25) is 23.2 Å². The van der Waals surface area contributed by atoms with E-state index in [0.29, 0.717) is 31.6 Å². The van der Waals surface area contributed by atoms with Crippen LogP contribution < -0.4 is 11.4 Å². The molecule has 2 rings (SSSR count). The number of phosphoric acid groups is 2. The molecule has 0 spiro atoms. The first-order chi connectivity index (χ1) is 32.4. The van der Waals surface area contributed by atoms with E-state index >= 15 is 0 Å². The number of nitrogens with two attached hydrogens (primary N) is 1. The predicted molar refractivity (Wildman–Crippen MR) is 258 cm³/mol. The molecule has 0 saturated carbocycles. The van der Waals surface area contributed by atoms with Crippen molar-refractivity contribution >= 4 is 33.4 Å². The average Bonchev–Trinajstić information content (AvgIpc) is 3.55. The lowest BCUT2D eigenvalue weighted by Crippen LogP contribution is -2.36. The van der Waals surface area contributed by atoms with Gasteiger partial charge in [0.25, 0.3) is 0 Å². The molecule has 1 aliphatic rings. The molecule has 0 radical (unpaired) electrons. The summed E-state index contributed by atoms with van der Waals surface area (Å²) >= 11 is 0. The Morgan fingerprint density at radius 3 is 2.12 bits per heavy atom. The number of allylic oxidation sites excluding steroid dienone is 10. The summed E-state index contributed by atoms with van der Waals surface area (Å²) in [6.07, 6.45) is 28.1. The molecule has 0 amide bonds. The Hall–Kier alpha value is -3.84. The largest absolute Gasteiger partial charge is 0.481 e. The van der Waals surface area contributed by atoms with Crippen LogP contribution in [0.5, 0.6) is 0 Å². The molecule has 3 unspecified atom stereocenters. The highest BCUT2D eigenvalue weighted by Crippen LogP contribution is 2.60. The van der Waals surface area contributed by atoms with E-state index in [2.05, 4.69) is 23.1 Å². The molecular weight excluding hydrogens is 924 g/mol. The van der Waals surface area contributed by atoms with Crippen molar-refractivity contribution in [2.45, 2.75) is 160 Å². The van der Waals surface area contributed by atoms with Gasteiger partial charge in [-0.15, -0.1) is 0 Å². The molecular formula is C47H75N3O16P2. The minimum Gasteiger partial charge on any atom is -0.462 e. The van der Waals surface area contributed by atoms with Gasteiger partial charge in [-0.2, -0.15) is 9.29 Å². The maximum Gasteiger partial charge on any atom is 0.481 e. The third-order valence-electron chi connectivity index (χ3n) is 10.1. The summed E-state index contributed by atoms with van der Waals surface area (Å²) in [4.78, 5) is 61.6. The monoisotopic (exact) mass is 999 g/mol. The average molecular weight is 1000 g/mol. The minimum atomic E-state index is -5.44. The smallest absolute Gasteiger partial charge is 0.462 e. The first-order valence-electron chi connectivity index (χ1n) is 23.4. The van der Waals surface area contributed by atoms with E-state index in [9.17, 15) is 48.6 Å². The summed E-state index contributed by atoms with van der Waals surface area (Å²) in [6, 6.07) is 1.24. The summed E-state index contributed by atoms with van der Waals surface area (Å²) in [5.41, 5.74) is 4.57. The second-order valence-electron chi connectivity index (χ2n) is 16.6. The number of rotatable bonds is 36. The van der Waals surface area contributed by atoms with Gasteiger partial charge in [-0.1, -0.05) is 139 Å². The number of ether oxygens (including phenoxy) is 3. The fraction of sp³-hybridized carbons (Fsp3) is 0.617. The predicted octanol–water partition coefficient (Wildman–Crippen LogP) is 7.77. The lowest BCUT2D eigenvalue weighted by molar-refractivity contribution is -0.161. The number of phosphoric ester groups is 2. The van der Waals surface area contributed by atoms with Crippen molar-refractivity contribution in [1.29, 1.82) is 0 Å². The highest BCUT2D eigenvalue weighted by Gasteiger charge is 2.46. The fourth-order valence-corrected chi connectivity index (χ4v) is 8.54. The third kappa shape index (κ3) is 28.0. The SMILES string of the molecule is CC/C=C\CC(O)/C=C/C=C/C/C=C\C/C=C\C/C=C\CCC(=O)O[C@H](COC(=O)CCCCCCCCCC(C)C)COP(=O)(O)OP(=O)(O)OC[C@H]1O[C@@H](n2ccc(N)nc2=O)[C@H](O)[C@@H]1O. The topological polar surface area (TPSA) is 286 Å². The lowest BCUT2D eigenvalue weighted by Gasteiger charge is -2.21. The van der Waals surface area contributed by atoms with E-state index < -0.39 is 89.8 Å². The molecule has 1 aliphatic heterocycles. The fourth-order valence-electron chi connectivity index (χ4n) is 6.43. The van der Waals surface area contributed by atoms with Crippen LogP contribution in [0.1, 0.15) is 130 Å². The van der Waals surface area contributed by atoms with Crippen LogP contribution in [0.2, 0.25) is 0 Å². The molecule has 384 valence electrons. The number of hydrogen-bond acceptors (Lipinski definition) is 16. The standard InChI is InChI=1S/C47H75N3O16P2/c1-4-5-22-28-38(51)29-24-19-15-11-9-7-6-8-10-12-16-21-26-31-43(53)64-39(34-61-42(52)30-25-20-17-13-14-18-23-27-37(2)3)35-62-67(57,58)66-68(59,60)63-36-40-44(54)45(55)46(65-40)50-33-32-41(48)49-47(50)56/h5,7-10,15-16,19,21-22,24,29,32-33,37-40,44-46,51,54-55H,4,6,11-14,17-18,20,23,25-28,30-31,34-36H2,1-3H3,(H,57,58)(H,59,60)(H2,48,49,56)/b9-7-,10-8-,19-15+,21-16-,22-5-,29-24+/t38?,39-,40-,44-,45-,46-/m1/s1. The Labute approximate surface area is 400 Å². The molecule has 68 heavy (non-hydrogen) atoms. The molecule has 8 atom stereocenters.